The van der Waals surface area contributed by atoms with Crippen molar-refractivity contribution < 1.29 is 0 Å². The number of hydrogen-bond donors (Lipinski definition) is 0. The molecule has 0 bridgehead atoms. The van der Waals surface area contributed by atoms with Crippen LogP contribution >= 0.6 is 0 Å². The second-order valence-electron chi connectivity index (χ2n) is 4.14. The summed E-state index contributed by atoms with van der Waals surface area (Å²) in [5, 5.41) is 0. The van der Waals surface area contributed by atoms with Crippen LogP contribution in [0, 0.1) is 26.7 Å². The molecule has 0 amide bonds. The van der Waals surface area contributed by atoms with Crippen molar-refractivity contribution in [1.82, 2.24) is 9.97 Å². The van der Waals surface area contributed by atoms with E-state index in [0.29, 0.717) is 5.92 Å². The SMILES string of the molecule is CCC(C)Cc1nc(C)c(C)nc1C. The van der Waals surface area contributed by atoms with Gasteiger partial charge >= 0.3 is 0 Å². The fraction of sp³-hybridized carbons (Fsp3) is 0.667. The summed E-state index contributed by atoms with van der Waals surface area (Å²) >= 11 is 0. The van der Waals surface area contributed by atoms with Gasteiger partial charge in [-0.25, -0.2) is 0 Å². The van der Waals surface area contributed by atoms with Gasteiger partial charge in [0.1, 0.15) is 0 Å². The van der Waals surface area contributed by atoms with E-state index in [1.807, 2.05) is 13.8 Å². The van der Waals surface area contributed by atoms with Crippen LogP contribution in [0.1, 0.15) is 43.0 Å². The third-order valence-electron chi connectivity index (χ3n) is 2.82. The topological polar surface area (TPSA) is 25.8 Å². The number of nitrogens with zero attached hydrogens (tertiary/aromatic N) is 2. The number of aromatic nitrogens is 2. The first kappa shape index (κ1) is 11.2. The van der Waals surface area contributed by atoms with Crippen molar-refractivity contribution in [3.05, 3.63) is 22.8 Å². The van der Waals surface area contributed by atoms with Gasteiger partial charge in [0.2, 0.25) is 0 Å². The van der Waals surface area contributed by atoms with Crippen LogP contribution in [-0.4, -0.2) is 9.97 Å². The lowest BCUT2D eigenvalue weighted by Crippen LogP contribution is -2.07. The van der Waals surface area contributed by atoms with E-state index in [1.165, 1.54) is 12.1 Å². The van der Waals surface area contributed by atoms with Crippen LogP contribution in [0.4, 0.5) is 0 Å². The molecule has 0 aliphatic heterocycles. The second kappa shape index (κ2) is 4.54. The van der Waals surface area contributed by atoms with Gasteiger partial charge in [-0.05, 0) is 33.1 Å². The Hall–Kier alpha value is -0.920. The Bertz CT molecular complexity index is 318. The highest BCUT2D eigenvalue weighted by Gasteiger charge is 2.08. The molecular formula is C12H20N2. The van der Waals surface area contributed by atoms with Crippen molar-refractivity contribution in [2.45, 2.75) is 47.5 Å². The van der Waals surface area contributed by atoms with Gasteiger partial charge in [-0.2, -0.15) is 0 Å². The molecule has 1 heterocycles. The van der Waals surface area contributed by atoms with E-state index in [0.717, 1.165) is 23.5 Å². The maximum atomic E-state index is 4.60. The third-order valence-corrected chi connectivity index (χ3v) is 2.82. The smallest absolute Gasteiger partial charge is 0.0621 e. The van der Waals surface area contributed by atoms with Crippen molar-refractivity contribution in [2.24, 2.45) is 5.92 Å². The summed E-state index contributed by atoms with van der Waals surface area (Å²) in [5.41, 5.74) is 4.38. The van der Waals surface area contributed by atoms with Crippen LogP contribution in [0.25, 0.3) is 0 Å². The van der Waals surface area contributed by atoms with Gasteiger partial charge in [0, 0.05) is 0 Å². The highest BCUT2D eigenvalue weighted by molar-refractivity contribution is 5.18. The van der Waals surface area contributed by atoms with Crippen molar-refractivity contribution in [1.29, 1.82) is 0 Å². The molecule has 14 heavy (non-hydrogen) atoms. The molecule has 0 fully saturated rings. The third kappa shape index (κ3) is 2.53. The first-order valence-corrected chi connectivity index (χ1v) is 5.35. The van der Waals surface area contributed by atoms with Gasteiger partial charge in [-0.15, -0.1) is 0 Å². The Morgan fingerprint density at radius 1 is 1.00 bits per heavy atom. The van der Waals surface area contributed by atoms with Gasteiger partial charge in [0.05, 0.1) is 22.8 Å². The maximum absolute atomic E-state index is 4.60. The highest BCUT2D eigenvalue weighted by Crippen LogP contribution is 2.13. The molecule has 0 radical (unpaired) electrons. The second-order valence-corrected chi connectivity index (χ2v) is 4.14. The number of aryl methyl sites for hydroxylation is 3. The predicted molar refractivity (Wildman–Crippen MR) is 59.4 cm³/mol. The van der Waals surface area contributed by atoms with Gasteiger partial charge < -0.3 is 0 Å². The molecule has 2 nitrogen and oxygen atoms in total. The van der Waals surface area contributed by atoms with Crippen molar-refractivity contribution >= 4 is 0 Å². The average Bonchev–Trinajstić information content (AvgIpc) is 2.14. The zero-order valence-corrected chi connectivity index (χ0v) is 9.89. The van der Waals surface area contributed by atoms with Gasteiger partial charge in [-0.1, -0.05) is 20.3 Å². The fourth-order valence-corrected chi connectivity index (χ4v) is 1.43. The van der Waals surface area contributed by atoms with Gasteiger partial charge in [0.15, 0.2) is 0 Å². The largest absolute Gasteiger partial charge is 0.255 e. The van der Waals surface area contributed by atoms with E-state index in [-0.39, 0.29) is 0 Å². The van der Waals surface area contributed by atoms with Crippen molar-refractivity contribution in [3.63, 3.8) is 0 Å². The minimum absolute atomic E-state index is 0.699. The standard InChI is InChI=1S/C12H20N2/c1-6-8(2)7-12-11(5)13-9(3)10(4)14-12/h8H,6-7H2,1-5H3. The Balaban J connectivity index is 2.92. The van der Waals surface area contributed by atoms with Crippen molar-refractivity contribution in [3.8, 4) is 0 Å². The summed E-state index contributed by atoms with van der Waals surface area (Å²) in [5.74, 6) is 0.699. The lowest BCUT2D eigenvalue weighted by molar-refractivity contribution is 0.548. The first-order valence-electron chi connectivity index (χ1n) is 5.35. The fourth-order valence-electron chi connectivity index (χ4n) is 1.43. The van der Waals surface area contributed by atoms with E-state index in [4.69, 9.17) is 0 Å². The highest BCUT2D eigenvalue weighted by atomic mass is 14.8. The number of rotatable bonds is 3. The Kier molecular flexibility index (Phi) is 3.62. The van der Waals surface area contributed by atoms with Crippen LogP contribution in [-0.2, 0) is 6.42 Å². The quantitative estimate of drug-likeness (QED) is 0.735. The molecule has 1 atom stereocenters. The molecule has 1 aromatic rings. The number of hydrogen-bond acceptors (Lipinski definition) is 2. The monoisotopic (exact) mass is 192 g/mol. The van der Waals surface area contributed by atoms with Gasteiger partial charge in [-0.3, -0.25) is 9.97 Å². The molecule has 0 aliphatic rings. The molecule has 1 unspecified atom stereocenters. The summed E-state index contributed by atoms with van der Waals surface area (Å²) in [4.78, 5) is 9.10. The molecule has 1 rings (SSSR count). The average molecular weight is 192 g/mol. The van der Waals surface area contributed by atoms with E-state index in [9.17, 15) is 0 Å². The molecule has 0 aliphatic carbocycles. The first-order chi connectivity index (χ1) is 6.54. The normalized spacial score (nSPS) is 12.9. The minimum atomic E-state index is 0.699. The predicted octanol–water partition coefficient (Wildman–Crippen LogP) is 2.99. The van der Waals surface area contributed by atoms with Crippen LogP contribution in [0.3, 0.4) is 0 Å². The zero-order chi connectivity index (χ0) is 10.7. The van der Waals surface area contributed by atoms with Crippen LogP contribution in [0.2, 0.25) is 0 Å². The minimum Gasteiger partial charge on any atom is -0.255 e. The van der Waals surface area contributed by atoms with E-state index < -0.39 is 0 Å². The summed E-state index contributed by atoms with van der Waals surface area (Å²) in [6.45, 7) is 10.6. The molecule has 2 heteroatoms. The van der Waals surface area contributed by atoms with Gasteiger partial charge in [0.25, 0.3) is 0 Å². The zero-order valence-electron chi connectivity index (χ0n) is 9.89. The molecule has 0 saturated carbocycles. The Labute approximate surface area is 86.8 Å². The van der Waals surface area contributed by atoms with Crippen LogP contribution < -0.4 is 0 Å². The summed E-state index contributed by atoms with van der Waals surface area (Å²) in [6, 6.07) is 0. The van der Waals surface area contributed by atoms with E-state index >= 15 is 0 Å². The van der Waals surface area contributed by atoms with Crippen LogP contribution in [0.5, 0.6) is 0 Å². The molecule has 78 valence electrons. The maximum Gasteiger partial charge on any atom is 0.0621 e. The Morgan fingerprint density at radius 2 is 1.57 bits per heavy atom. The molecule has 0 spiro atoms. The van der Waals surface area contributed by atoms with Crippen LogP contribution in [0.15, 0.2) is 0 Å². The lowest BCUT2D eigenvalue weighted by atomic mass is 10.0. The molecule has 0 aromatic carbocycles. The molecule has 0 N–H and O–H groups in total. The lowest BCUT2D eigenvalue weighted by Gasteiger charge is -2.11. The molecule has 0 saturated heterocycles. The van der Waals surface area contributed by atoms with E-state index in [2.05, 4.69) is 30.7 Å². The van der Waals surface area contributed by atoms with Crippen molar-refractivity contribution in [2.75, 3.05) is 0 Å². The Morgan fingerprint density at radius 3 is 2.14 bits per heavy atom. The summed E-state index contributed by atoms with van der Waals surface area (Å²) in [6.07, 6.45) is 2.25. The van der Waals surface area contributed by atoms with E-state index in [1.54, 1.807) is 0 Å². The molecule has 1 aromatic heterocycles. The molecular weight excluding hydrogens is 172 g/mol. The summed E-state index contributed by atoms with van der Waals surface area (Å²) < 4.78 is 0. The summed E-state index contributed by atoms with van der Waals surface area (Å²) in [7, 11) is 0.